The minimum atomic E-state index is -3.17. The van der Waals surface area contributed by atoms with Crippen molar-refractivity contribution in [2.24, 2.45) is 0 Å². The SMILES string of the molecule is Cc1c(NC[C@@H]2CCC[C@H](c3ccc(Cl)cc3)O2)ncnc1C(=O)N1CCC(N2CCC(N(C)S(C)(=O)=O)CC2)CC1. The van der Waals surface area contributed by atoms with Crippen molar-refractivity contribution in [1.82, 2.24) is 24.1 Å². The largest absolute Gasteiger partial charge is 0.368 e. The van der Waals surface area contributed by atoms with E-state index < -0.39 is 10.0 Å². The van der Waals surface area contributed by atoms with Crippen LogP contribution in [0.4, 0.5) is 5.82 Å². The average Bonchev–Trinajstić information content (AvgIpc) is 3.00. The first-order chi connectivity index (χ1) is 20.1. The Morgan fingerprint density at radius 2 is 1.74 bits per heavy atom. The number of carbonyl (C=O) groups excluding carboxylic acids is 1. The van der Waals surface area contributed by atoms with Gasteiger partial charge in [0.05, 0.1) is 18.5 Å². The fourth-order valence-electron chi connectivity index (χ4n) is 6.50. The summed E-state index contributed by atoms with van der Waals surface area (Å²) in [4.78, 5) is 26.7. The number of nitrogens with zero attached hydrogens (tertiary/aromatic N) is 5. The van der Waals surface area contributed by atoms with Crippen LogP contribution >= 0.6 is 11.6 Å². The molecular formula is C30H43ClN6O4S. The van der Waals surface area contributed by atoms with Gasteiger partial charge in [0.1, 0.15) is 17.8 Å². The summed E-state index contributed by atoms with van der Waals surface area (Å²) in [5, 5.41) is 4.14. The monoisotopic (exact) mass is 618 g/mol. The third-order valence-electron chi connectivity index (χ3n) is 9.18. The Labute approximate surface area is 254 Å². The number of benzene rings is 1. The van der Waals surface area contributed by atoms with E-state index in [2.05, 4.69) is 20.2 Å². The summed E-state index contributed by atoms with van der Waals surface area (Å²) in [6, 6.07) is 8.34. The molecule has 5 rings (SSSR count). The van der Waals surface area contributed by atoms with Crippen LogP contribution in [0.25, 0.3) is 0 Å². The molecule has 3 fully saturated rings. The van der Waals surface area contributed by atoms with Crippen LogP contribution in [-0.4, -0.2) is 103 Å². The molecule has 3 saturated heterocycles. The second-order valence-electron chi connectivity index (χ2n) is 11.9. The van der Waals surface area contributed by atoms with Crippen LogP contribution in [0.1, 0.15) is 72.7 Å². The molecule has 2 atom stereocenters. The molecule has 12 heteroatoms. The summed E-state index contributed by atoms with van der Waals surface area (Å²) in [7, 11) is -1.49. The predicted octanol–water partition coefficient (Wildman–Crippen LogP) is 4.12. The number of likely N-dealkylation sites (tertiary alicyclic amines) is 2. The normalized spacial score (nSPS) is 23.3. The molecule has 0 radical (unpaired) electrons. The summed E-state index contributed by atoms with van der Waals surface area (Å²) in [6.07, 6.45) is 9.35. The van der Waals surface area contributed by atoms with Crippen LogP contribution in [0.2, 0.25) is 5.02 Å². The second-order valence-corrected chi connectivity index (χ2v) is 14.4. The summed E-state index contributed by atoms with van der Waals surface area (Å²) in [5.41, 5.74) is 2.34. The number of sulfonamides is 1. The van der Waals surface area contributed by atoms with Gasteiger partial charge in [-0.05, 0) is 82.7 Å². The van der Waals surface area contributed by atoms with Gasteiger partial charge < -0.3 is 19.9 Å². The first-order valence-corrected chi connectivity index (χ1v) is 17.3. The van der Waals surface area contributed by atoms with E-state index in [1.807, 2.05) is 36.1 Å². The highest BCUT2D eigenvalue weighted by Gasteiger charge is 2.33. The zero-order valence-electron chi connectivity index (χ0n) is 24.8. The molecule has 4 heterocycles. The lowest BCUT2D eigenvalue weighted by Crippen LogP contribution is -2.52. The molecule has 1 amide bonds. The predicted molar refractivity (Wildman–Crippen MR) is 164 cm³/mol. The zero-order chi connectivity index (χ0) is 29.9. The van der Waals surface area contributed by atoms with E-state index in [0.29, 0.717) is 37.2 Å². The van der Waals surface area contributed by atoms with Crippen LogP contribution in [0.15, 0.2) is 30.6 Å². The molecule has 3 aliphatic heterocycles. The van der Waals surface area contributed by atoms with Gasteiger partial charge in [-0.3, -0.25) is 4.79 Å². The Morgan fingerprint density at radius 3 is 2.40 bits per heavy atom. The summed E-state index contributed by atoms with van der Waals surface area (Å²) < 4.78 is 31.7. The molecular weight excluding hydrogens is 576 g/mol. The first-order valence-electron chi connectivity index (χ1n) is 15.0. The third-order valence-corrected chi connectivity index (χ3v) is 10.8. The Kier molecular flexibility index (Phi) is 10.0. The summed E-state index contributed by atoms with van der Waals surface area (Å²) in [6.45, 7) is 5.64. The van der Waals surface area contributed by atoms with Gasteiger partial charge in [0.2, 0.25) is 10.0 Å². The average molecular weight is 619 g/mol. The van der Waals surface area contributed by atoms with Crippen LogP contribution in [0.3, 0.4) is 0 Å². The number of halogens is 1. The van der Waals surface area contributed by atoms with Crippen molar-refractivity contribution in [2.45, 2.75) is 76.2 Å². The van der Waals surface area contributed by atoms with Gasteiger partial charge >= 0.3 is 0 Å². The Balaban J connectivity index is 1.11. The van der Waals surface area contributed by atoms with E-state index in [1.54, 1.807) is 7.05 Å². The van der Waals surface area contributed by atoms with Crippen molar-refractivity contribution in [3.05, 3.63) is 52.4 Å². The minimum Gasteiger partial charge on any atom is -0.368 e. The second kappa shape index (κ2) is 13.5. The fourth-order valence-corrected chi connectivity index (χ4v) is 7.37. The van der Waals surface area contributed by atoms with Gasteiger partial charge in [-0.1, -0.05) is 23.7 Å². The van der Waals surface area contributed by atoms with Crippen molar-refractivity contribution in [2.75, 3.05) is 51.3 Å². The maximum absolute atomic E-state index is 13.5. The molecule has 0 saturated carbocycles. The molecule has 10 nitrogen and oxygen atoms in total. The summed E-state index contributed by atoms with van der Waals surface area (Å²) >= 11 is 6.05. The Morgan fingerprint density at radius 1 is 1.05 bits per heavy atom. The highest BCUT2D eigenvalue weighted by molar-refractivity contribution is 7.88. The molecule has 1 aromatic heterocycles. The van der Waals surface area contributed by atoms with Crippen LogP contribution in [0, 0.1) is 6.92 Å². The molecule has 2 aromatic rings. The van der Waals surface area contributed by atoms with E-state index in [9.17, 15) is 13.2 Å². The Hall–Kier alpha value is -2.31. The molecule has 1 N–H and O–H groups in total. The number of amides is 1. The lowest BCUT2D eigenvalue weighted by atomic mass is 9.97. The van der Waals surface area contributed by atoms with Crippen molar-refractivity contribution >= 4 is 33.3 Å². The van der Waals surface area contributed by atoms with E-state index in [-0.39, 0.29) is 24.2 Å². The van der Waals surface area contributed by atoms with E-state index >= 15 is 0 Å². The topological polar surface area (TPSA) is 108 Å². The number of ether oxygens (including phenoxy) is 1. The molecule has 1 aromatic carbocycles. The number of rotatable bonds is 8. The number of hydrogen-bond acceptors (Lipinski definition) is 8. The smallest absolute Gasteiger partial charge is 0.272 e. The Bertz CT molecular complexity index is 1330. The van der Waals surface area contributed by atoms with Crippen LogP contribution < -0.4 is 5.32 Å². The maximum atomic E-state index is 13.5. The maximum Gasteiger partial charge on any atom is 0.272 e. The number of aromatic nitrogens is 2. The van der Waals surface area contributed by atoms with Gasteiger partial charge in [-0.2, -0.15) is 0 Å². The van der Waals surface area contributed by atoms with Gasteiger partial charge in [0, 0.05) is 49.4 Å². The number of anilines is 1. The lowest BCUT2D eigenvalue weighted by molar-refractivity contribution is -0.0442. The molecule has 0 spiro atoms. The molecule has 0 bridgehead atoms. The van der Waals surface area contributed by atoms with Gasteiger partial charge in [0.15, 0.2) is 0 Å². The van der Waals surface area contributed by atoms with E-state index in [4.69, 9.17) is 16.3 Å². The molecule has 230 valence electrons. The third kappa shape index (κ3) is 7.42. The number of hydrogen-bond donors (Lipinski definition) is 1. The van der Waals surface area contributed by atoms with Crippen LogP contribution in [-0.2, 0) is 14.8 Å². The van der Waals surface area contributed by atoms with Crippen molar-refractivity contribution < 1.29 is 17.9 Å². The summed E-state index contributed by atoms with van der Waals surface area (Å²) in [5.74, 6) is 0.615. The lowest BCUT2D eigenvalue weighted by Gasteiger charge is -2.43. The zero-order valence-corrected chi connectivity index (χ0v) is 26.4. The molecule has 42 heavy (non-hydrogen) atoms. The van der Waals surface area contributed by atoms with Crippen molar-refractivity contribution in [3.8, 4) is 0 Å². The number of nitrogens with one attached hydrogen (secondary N) is 1. The minimum absolute atomic E-state index is 0.0452. The number of carbonyl (C=O) groups is 1. The van der Waals surface area contributed by atoms with Gasteiger partial charge in [-0.25, -0.2) is 22.7 Å². The number of piperidine rings is 2. The van der Waals surface area contributed by atoms with E-state index in [1.165, 1.54) is 16.9 Å². The van der Waals surface area contributed by atoms with Gasteiger partial charge in [-0.15, -0.1) is 0 Å². The van der Waals surface area contributed by atoms with E-state index in [0.717, 1.165) is 74.2 Å². The molecule has 0 unspecified atom stereocenters. The van der Waals surface area contributed by atoms with Crippen LogP contribution in [0.5, 0.6) is 0 Å². The standard InChI is InChI=1S/C30H43ClN6O4S/c1-21-28(30(38)37-17-13-25(14-18-37)36-15-11-24(12-16-36)35(2)42(3,39)40)33-20-34-29(21)32-19-26-5-4-6-27(41-26)22-7-9-23(31)10-8-22/h7-10,20,24-27H,4-6,11-19H2,1-3H3,(H,32,33,34)/t26-,27+/m0/s1. The highest BCUT2D eigenvalue weighted by Crippen LogP contribution is 2.32. The van der Waals surface area contributed by atoms with Gasteiger partial charge in [0.25, 0.3) is 5.91 Å². The first kappa shape index (κ1) is 31.1. The quantitative estimate of drug-likeness (QED) is 0.471. The fraction of sp³-hybridized carbons (Fsp3) is 0.633. The van der Waals surface area contributed by atoms with Crippen molar-refractivity contribution in [1.29, 1.82) is 0 Å². The highest BCUT2D eigenvalue weighted by atomic mass is 35.5. The molecule has 3 aliphatic rings. The molecule has 0 aliphatic carbocycles. The van der Waals surface area contributed by atoms with Crippen molar-refractivity contribution in [3.63, 3.8) is 0 Å².